The van der Waals surface area contributed by atoms with Crippen molar-refractivity contribution in [3.8, 4) is 23.0 Å². The van der Waals surface area contributed by atoms with Gasteiger partial charge in [-0.3, -0.25) is 4.79 Å². The Bertz CT molecular complexity index is 1120. The van der Waals surface area contributed by atoms with Crippen LogP contribution in [-0.2, 0) is 13.5 Å². The van der Waals surface area contributed by atoms with Crippen LogP contribution in [-0.4, -0.2) is 38.9 Å². The summed E-state index contributed by atoms with van der Waals surface area (Å²) >= 11 is 0. The molecule has 0 saturated carbocycles. The molecular weight excluding hydrogens is 384 g/mol. The van der Waals surface area contributed by atoms with E-state index in [1.165, 1.54) is 5.56 Å². The first-order chi connectivity index (χ1) is 14.5. The van der Waals surface area contributed by atoms with Crippen LogP contribution in [0.1, 0.15) is 34.1 Å². The number of benzene rings is 2. The van der Waals surface area contributed by atoms with Gasteiger partial charge in [-0.25, -0.2) is 0 Å². The topological polar surface area (TPSA) is 71.0 Å². The summed E-state index contributed by atoms with van der Waals surface area (Å²) < 4.78 is 23.7. The molecule has 1 aliphatic rings. The quantitative estimate of drug-likeness (QED) is 0.672. The third-order valence-corrected chi connectivity index (χ3v) is 5.82. The van der Waals surface area contributed by atoms with Crippen molar-refractivity contribution in [2.24, 2.45) is 7.05 Å². The number of amides is 1. The number of hydrogen-bond donors (Lipinski definition) is 1. The minimum absolute atomic E-state index is 0.0888. The van der Waals surface area contributed by atoms with Crippen LogP contribution in [0.5, 0.6) is 23.0 Å². The summed E-state index contributed by atoms with van der Waals surface area (Å²) in [5, 5.41) is 4.01. The summed E-state index contributed by atoms with van der Waals surface area (Å²) in [6.07, 6.45) is 1.70. The van der Waals surface area contributed by atoms with Crippen molar-refractivity contribution < 1.29 is 23.7 Å². The Kier molecular flexibility index (Phi) is 5.20. The zero-order valence-corrected chi connectivity index (χ0v) is 17.9. The predicted molar refractivity (Wildman–Crippen MR) is 114 cm³/mol. The van der Waals surface area contributed by atoms with E-state index in [1.54, 1.807) is 28.4 Å². The minimum atomic E-state index is -0.148. The standard InChI is InChI=1S/C23H26N2O5/c1-25-17(11-15-18(27-2)8-9-19(28-3)22(15)25)23(26)24-16-7-6-13-10-20(29-4)21(30-5)12-14(13)16/h8-12,16H,6-7H2,1-5H3,(H,24,26)/t16-/m1/s1. The molecule has 1 amide bonds. The van der Waals surface area contributed by atoms with Gasteiger partial charge in [-0.2, -0.15) is 0 Å². The molecule has 158 valence electrons. The summed E-state index contributed by atoms with van der Waals surface area (Å²) in [6.45, 7) is 0. The second-order valence-corrected chi connectivity index (χ2v) is 7.29. The lowest BCUT2D eigenvalue weighted by atomic mass is 10.1. The normalized spacial score (nSPS) is 15.0. The van der Waals surface area contributed by atoms with Crippen LogP contribution in [0.3, 0.4) is 0 Å². The Morgan fingerprint density at radius 2 is 1.57 bits per heavy atom. The summed E-state index contributed by atoms with van der Waals surface area (Å²) in [6, 6.07) is 9.39. The van der Waals surface area contributed by atoms with Crippen LogP contribution < -0.4 is 24.3 Å². The zero-order chi connectivity index (χ0) is 21.4. The molecule has 0 bridgehead atoms. The highest BCUT2D eigenvalue weighted by molar-refractivity contribution is 6.02. The van der Waals surface area contributed by atoms with E-state index in [9.17, 15) is 4.79 Å². The molecule has 1 atom stereocenters. The van der Waals surface area contributed by atoms with Crippen molar-refractivity contribution in [3.63, 3.8) is 0 Å². The number of carbonyl (C=O) groups excluding carboxylic acids is 1. The summed E-state index contributed by atoms with van der Waals surface area (Å²) in [5.41, 5.74) is 3.59. The maximum Gasteiger partial charge on any atom is 0.268 e. The fourth-order valence-electron chi connectivity index (χ4n) is 4.28. The lowest BCUT2D eigenvalue weighted by Crippen LogP contribution is -2.28. The highest BCUT2D eigenvalue weighted by atomic mass is 16.5. The van der Waals surface area contributed by atoms with Gasteiger partial charge in [0.25, 0.3) is 5.91 Å². The van der Waals surface area contributed by atoms with E-state index in [2.05, 4.69) is 5.32 Å². The van der Waals surface area contributed by atoms with Crippen molar-refractivity contribution in [2.45, 2.75) is 18.9 Å². The average molecular weight is 410 g/mol. The number of carbonyl (C=O) groups is 1. The third-order valence-electron chi connectivity index (χ3n) is 5.82. The van der Waals surface area contributed by atoms with E-state index in [4.69, 9.17) is 18.9 Å². The highest BCUT2D eigenvalue weighted by Gasteiger charge is 2.28. The van der Waals surface area contributed by atoms with Gasteiger partial charge in [0.05, 0.1) is 40.0 Å². The highest BCUT2D eigenvalue weighted by Crippen LogP contribution is 2.40. The van der Waals surface area contributed by atoms with Crippen LogP contribution in [0.15, 0.2) is 30.3 Å². The Balaban J connectivity index is 1.68. The zero-order valence-electron chi connectivity index (χ0n) is 17.9. The van der Waals surface area contributed by atoms with E-state index in [-0.39, 0.29) is 11.9 Å². The second kappa shape index (κ2) is 7.82. The number of fused-ring (bicyclic) bond motifs is 2. The Morgan fingerprint density at radius 3 is 2.23 bits per heavy atom. The first kappa shape index (κ1) is 19.9. The van der Waals surface area contributed by atoms with Gasteiger partial charge in [0.2, 0.25) is 0 Å². The SMILES string of the molecule is COc1cc2c(cc1OC)[C@H](NC(=O)c1cc3c(OC)ccc(OC)c3n1C)CC2. The molecule has 7 heteroatoms. The predicted octanol–water partition coefficient (Wildman–Crippen LogP) is 3.63. The number of hydrogen-bond acceptors (Lipinski definition) is 5. The number of nitrogens with zero attached hydrogens (tertiary/aromatic N) is 1. The number of aromatic nitrogens is 1. The summed E-state index contributed by atoms with van der Waals surface area (Å²) in [7, 11) is 8.33. The molecule has 0 spiro atoms. The molecule has 0 aliphatic heterocycles. The average Bonchev–Trinajstić information content (AvgIpc) is 3.32. The first-order valence-electron chi connectivity index (χ1n) is 9.78. The number of methoxy groups -OCH3 is 4. The van der Waals surface area contributed by atoms with Crippen molar-refractivity contribution in [2.75, 3.05) is 28.4 Å². The van der Waals surface area contributed by atoms with E-state index < -0.39 is 0 Å². The number of nitrogens with one attached hydrogen (secondary N) is 1. The largest absolute Gasteiger partial charge is 0.496 e. The third kappa shape index (κ3) is 3.10. The summed E-state index contributed by atoms with van der Waals surface area (Å²) in [5.74, 6) is 2.61. The van der Waals surface area contributed by atoms with Crippen LogP contribution in [0.2, 0.25) is 0 Å². The Hall–Kier alpha value is -3.35. The second-order valence-electron chi connectivity index (χ2n) is 7.29. The van der Waals surface area contributed by atoms with Crippen molar-refractivity contribution in [3.05, 3.63) is 47.2 Å². The smallest absolute Gasteiger partial charge is 0.268 e. The molecule has 1 aliphatic carbocycles. The van der Waals surface area contributed by atoms with Gasteiger partial charge < -0.3 is 28.8 Å². The van der Waals surface area contributed by atoms with Crippen LogP contribution in [0, 0.1) is 0 Å². The van der Waals surface area contributed by atoms with Crippen LogP contribution in [0.4, 0.5) is 0 Å². The molecule has 1 heterocycles. The van der Waals surface area contributed by atoms with Gasteiger partial charge in [-0.05, 0) is 54.3 Å². The number of rotatable bonds is 6. The van der Waals surface area contributed by atoms with Gasteiger partial charge in [0.15, 0.2) is 11.5 Å². The lowest BCUT2D eigenvalue weighted by molar-refractivity contribution is 0.0929. The maximum absolute atomic E-state index is 13.2. The monoisotopic (exact) mass is 410 g/mol. The fraction of sp³-hybridized carbons (Fsp3) is 0.348. The molecular formula is C23H26N2O5. The number of ether oxygens (including phenoxy) is 4. The van der Waals surface area contributed by atoms with Crippen LogP contribution in [0.25, 0.3) is 10.9 Å². The molecule has 0 saturated heterocycles. The molecule has 1 N–H and O–H groups in total. The maximum atomic E-state index is 13.2. The van der Waals surface area contributed by atoms with Gasteiger partial charge >= 0.3 is 0 Å². The van der Waals surface area contributed by atoms with E-state index in [0.717, 1.165) is 29.3 Å². The van der Waals surface area contributed by atoms with Crippen molar-refractivity contribution >= 4 is 16.8 Å². The van der Waals surface area contributed by atoms with Crippen molar-refractivity contribution in [1.29, 1.82) is 0 Å². The van der Waals surface area contributed by atoms with E-state index in [1.807, 2.05) is 41.9 Å². The lowest BCUT2D eigenvalue weighted by Gasteiger charge is -2.16. The molecule has 3 aromatic rings. The fourth-order valence-corrected chi connectivity index (χ4v) is 4.28. The number of aryl methyl sites for hydroxylation is 2. The molecule has 1 aromatic heterocycles. The van der Waals surface area contributed by atoms with Gasteiger partial charge in [0, 0.05) is 12.4 Å². The minimum Gasteiger partial charge on any atom is -0.496 e. The van der Waals surface area contributed by atoms with Crippen molar-refractivity contribution in [1.82, 2.24) is 9.88 Å². The Morgan fingerprint density at radius 1 is 0.933 bits per heavy atom. The van der Waals surface area contributed by atoms with Gasteiger partial charge in [0.1, 0.15) is 17.2 Å². The van der Waals surface area contributed by atoms with Crippen LogP contribution >= 0.6 is 0 Å². The molecule has 7 nitrogen and oxygen atoms in total. The first-order valence-corrected chi connectivity index (χ1v) is 9.78. The summed E-state index contributed by atoms with van der Waals surface area (Å²) in [4.78, 5) is 13.2. The van der Waals surface area contributed by atoms with E-state index >= 15 is 0 Å². The molecule has 30 heavy (non-hydrogen) atoms. The molecule has 0 fully saturated rings. The molecule has 0 unspecified atom stereocenters. The van der Waals surface area contributed by atoms with E-state index in [0.29, 0.717) is 28.7 Å². The molecule has 0 radical (unpaired) electrons. The van der Waals surface area contributed by atoms with Gasteiger partial charge in [-0.15, -0.1) is 0 Å². The Labute approximate surface area is 175 Å². The molecule has 4 rings (SSSR count). The van der Waals surface area contributed by atoms with Gasteiger partial charge in [-0.1, -0.05) is 0 Å². The molecule has 2 aromatic carbocycles.